The van der Waals surface area contributed by atoms with Gasteiger partial charge in [0.05, 0.1) is 11.1 Å². The maximum absolute atomic E-state index is 9.45. The summed E-state index contributed by atoms with van der Waals surface area (Å²) < 4.78 is 5.62. The molecule has 0 aliphatic carbocycles. The molecule has 0 aliphatic heterocycles. The van der Waals surface area contributed by atoms with E-state index < -0.39 is 5.01 Å². The molecule has 0 spiro atoms. The summed E-state index contributed by atoms with van der Waals surface area (Å²) in [6.45, 7) is 0. The van der Waals surface area contributed by atoms with E-state index in [0.717, 1.165) is 0 Å². The van der Waals surface area contributed by atoms with Gasteiger partial charge in [0.1, 0.15) is 28.7 Å². The van der Waals surface area contributed by atoms with Crippen LogP contribution < -0.4 is 4.74 Å². The number of aliphatic hydroxyl groups excluding tert-OH is 1. The molecule has 20 heavy (non-hydrogen) atoms. The maximum atomic E-state index is 9.45. The lowest BCUT2D eigenvalue weighted by Crippen LogP contribution is -1.91. The molecule has 1 atom stereocenters. The number of ether oxygens (including phenoxy) is 1. The van der Waals surface area contributed by atoms with Gasteiger partial charge in [-0.05, 0) is 35.9 Å². The van der Waals surface area contributed by atoms with Crippen molar-refractivity contribution in [2.45, 2.75) is 5.01 Å². The van der Waals surface area contributed by atoms with Gasteiger partial charge in [-0.3, -0.25) is 0 Å². The van der Waals surface area contributed by atoms with Crippen LogP contribution in [0.15, 0.2) is 42.5 Å². The highest BCUT2D eigenvalue weighted by atomic mass is 79.9. The minimum Gasteiger partial charge on any atom is -0.457 e. The largest absolute Gasteiger partial charge is 0.457 e. The molecule has 0 bridgehead atoms. The van der Waals surface area contributed by atoms with E-state index in [2.05, 4.69) is 15.9 Å². The standard InChI is InChI=1S/C15H9BrN2O2/c16-15(19)10-2-1-3-13(6-10)20-14-5-4-11(8-17)12(7-14)9-18/h1-7,15,19H. The monoisotopic (exact) mass is 328 g/mol. The van der Waals surface area contributed by atoms with E-state index in [-0.39, 0.29) is 5.56 Å². The van der Waals surface area contributed by atoms with Crippen molar-refractivity contribution in [2.24, 2.45) is 0 Å². The predicted molar refractivity (Wildman–Crippen MR) is 76.3 cm³/mol. The van der Waals surface area contributed by atoms with E-state index in [1.165, 1.54) is 12.1 Å². The van der Waals surface area contributed by atoms with Gasteiger partial charge in [-0.25, -0.2) is 0 Å². The van der Waals surface area contributed by atoms with Gasteiger partial charge in [-0.2, -0.15) is 10.5 Å². The van der Waals surface area contributed by atoms with Gasteiger partial charge >= 0.3 is 0 Å². The second kappa shape index (κ2) is 6.21. The third-order valence-corrected chi connectivity index (χ3v) is 3.13. The van der Waals surface area contributed by atoms with Crippen LogP contribution in [-0.2, 0) is 0 Å². The van der Waals surface area contributed by atoms with Crippen LogP contribution >= 0.6 is 15.9 Å². The summed E-state index contributed by atoms with van der Waals surface area (Å²) in [6.07, 6.45) is 0. The van der Waals surface area contributed by atoms with Gasteiger partial charge in [-0.15, -0.1) is 0 Å². The molecule has 0 radical (unpaired) electrons. The van der Waals surface area contributed by atoms with Crippen molar-refractivity contribution in [3.8, 4) is 23.6 Å². The third-order valence-electron chi connectivity index (χ3n) is 2.60. The van der Waals surface area contributed by atoms with Gasteiger partial charge in [-0.1, -0.05) is 28.1 Å². The molecule has 2 aromatic rings. The summed E-state index contributed by atoms with van der Waals surface area (Å²) in [5, 5.41) is 26.5. The summed E-state index contributed by atoms with van der Waals surface area (Å²) in [6, 6.07) is 15.5. The highest BCUT2D eigenvalue weighted by molar-refractivity contribution is 9.09. The summed E-state index contributed by atoms with van der Waals surface area (Å²) in [4.78, 5) is 0. The fraction of sp³-hybridized carbons (Fsp3) is 0.0667. The van der Waals surface area contributed by atoms with E-state index in [0.29, 0.717) is 22.6 Å². The first-order chi connectivity index (χ1) is 9.63. The smallest absolute Gasteiger partial charge is 0.134 e. The summed E-state index contributed by atoms with van der Waals surface area (Å²) in [5.41, 5.74) is 1.24. The lowest BCUT2D eigenvalue weighted by atomic mass is 10.1. The molecular weight excluding hydrogens is 320 g/mol. The van der Waals surface area contributed by atoms with Crippen molar-refractivity contribution in [2.75, 3.05) is 0 Å². The topological polar surface area (TPSA) is 77.0 Å². The van der Waals surface area contributed by atoms with Crippen molar-refractivity contribution >= 4 is 15.9 Å². The van der Waals surface area contributed by atoms with E-state index in [1.807, 2.05) is 12.1 Å². The van der Waals surface area contributed by atoms with E-state index in [9.17, 15) is 5.11 Å². The molecule has 5 heteroatoms. The van der Waals surface area contributed by atoms with Crippen LogP contribution in [0.25, 0.3) is 0 Å². The van der Waals surface area contributed by atoms with Crippen LogP contribution in [0.4, 0.5) is 0 Å². The second-order valence-electron chi connectivity index (χ2n) is 3.94. The maximum Gasteiger partial charge on any atom is 0.134 e. The molecule has 0 aliphatic rings. The number of alkyl halides is 1. The van der Waals surface area contributed by atoms with Gasteiger partial charge in [0.15, 0.2) is 0 Å². The summed E-state index contributed by atoms with van der Waals surface area (Å²) in [7, 11) is 0. The second-order valence-corrected chi connectivity index (χ2v) is 4.81. The SMILES string of the molecule is N#Cc1ccc(Oc2cccc(C(O)Br)c2)cc1C#N. The van der Waals surface area contributed by atoms with Crippen molar-refractivity contribution in [3.63, 3.8) is 0 Å². The Kier molecular flexibility index (Phi) is 4.37. The van der Waals surface area contributed by atoms with E-state index in [4.69, 9.17) is 15.3 Å². The van der Waals surface area contributed by atoms with Crippen LogP contribution in [0.2, 0.25) is 0 Å². The third kappa shape index (κ3) is 3.16. The molecule has 0 saturated heterocycles. The van der Waals surface area contributed by atoms with E-state index in [1.54, 1.807) is 30.3 Å². The summed E-state index contributed by atoms with van der Waals surface area (Å²) in [5.74, 6) is 0.997. The van der Waals surface area contributed by atoms with Gasteiger partial charge in [0.25, 0.3) is 0 Å². The Labute approximate surface area is 124 Å². The molecule has 1 unspecified atom stereocenters. The lowest BCUT2D eigenvalue weighted by molar-refractivity contribution is 0.276. The highest BCUT2D eigenvalue weighted by Crippen LogP contribution is 2.27. The Morgan fingerprint density at radius 2 is 1.70 bits per heavy atom. The molecule has 0 saturated carbocycles. The minimum absolute atomic E-state index is 0.265. The number of nitrogens with zero attached hydrogens (tertiary/aromatic N) is 2. The first kappa shape index (κ1) is 14.1. The van der Waals surface area contributed by atoms with E-state index >= 15 is 0 Å². The fourth-order valence-corrected chi connectivity index (χ4v) is 1.92. The average molecular weight is 329 g/mol. The Morgan fingerprint density at radius 1 is 1.00 bits per heavy atom. The van der Waals surface area contributed by atoms with Crippen molar-refractivity contribution in [3.05, 3.63) is 59.2 Å². The van der Waals surface area contributed by atoms with Crippen molar-refractivity contribution in [1.82, 2.24) is 0 Å². The summed E-state index contributed by atoms with van der Waals surface area (Å²) >= 11 is 3.06. The van der Waals surface area contributed by atoms with Gasteiger partial charge in [0.2, 0.25) is 0 Å². The van der Waals surface area contributed by atoms with Crippen LogP contribution in [0.5, 0.6) is 11.5 Å². The van der Waals surface area contributed by atoms with Crippen molar-refractivity contribution < 1.29 is 9.84 Å². The number of rotatable bonds is 3. The normalized spacial score (nSPS) is 11.2. The molecule has 2 aromatic carbocycles. The number of benzene rings is 2. The first-order valence-corrected chi connectivity index (χ1v) is 6.60. The van der Waals surface area contributed by atoms with Crippen molar-refractivity contribution in [1.29, 1.82) is 10.5 Å². The highest BCUT2D eigenvalue weighted by Gasteiger charge is 2.07. The molecular formula is C15H9BrN2O2. The number of hydrogen-bond donors (Lipinski definition) is 1. The van der Waals surface area contributed by atoms with Gasteiger partial charge < -0.3 is 9.84 Å². The Hall–Kier alpha value is -2.34. The quantitative estimate of drug-likeness (QED) is 0.873. The zero-order valence-electron chi connectivity index (χ0n) is 10.2. The van der Waals surface area contributed by atoms with Crippen LogP contribution in [0, 0.1) is 22.7 Å². The zero-order chi connectivity index (χ0) is 14.5. The number of hydrogen-bond acceptors (Lipinski definition) is 4. The Morgan fingerprint density at radius 3 is 2.35 bits per heavy atom. The molecule has 0 heterocycles. The molecule has 0 fully saturated rings. The number of halogens is 1. The van der Waals surface area contributed by atoms with Crippen LogP contribution in [-0.4, -0.2) is 5.11 Å². The van der Waals surface area contributed by atoms with Gasteiger partial charge in [0, 0.05) is 0 Å². The number of nitriles is 2. The molecule has 4 nitrogen and oxygen atoms in total. The molecule has 1 N–H and O–H groups in total. The average Bonchev–Trinajstić information content (AvgIpc) is 2.47. The number of aliphatic hydroxyl groups is 1. The first-order valence-electron chi connectivity index (χ1n) is 5.68. The Balaban J connectivity index is 2.29. The molecule has 98 valence electrons. The lowest BCUT2D eigenvalue weighted by Gasteiger charge is -2.09. The molecule has 0 amide bonds. The minimum atomic E-state index is -0.762. The molecule has 2 rings (SSSR count). The Bertz CT molecular complexity index is 715. The predicted octanol–water partition coefficient (Wildman–Crippen LogP) is 3.61. The zero-order valence-corrected chi connectivity index (χ0v) is 11.8. The fourth-order valence-electron chi connectivity index (χ4n) is 1.64. The molecule has 0 aromatic heterocycles. The van der Waals surface area contributed by atoms with Crippen LogP contribution in [0.1, 0.15) is 21.7 Å². The van der Waals surface area contributed by atoms with Crippen LogP contribution in [0.3, 0.4) is 0 Å².